The molecule has 3 rings (SSSR count). The van der Waals surface area contributed by atoms with Crippen LogP contribution in [0.25, 0.3) is 5.95 Å². The van der Waals surface area contributed by atoms with Crippen LogP contribution in [0.3, 0.4) is 0 Å². The van der Waals surface area contributed by atoms with Crippen molar-refractivity contribution in [2.45, 2.75) is 45.8 Å². The van der Waals surface area contributed by atoms with Crippen molar-refractivity contribution in [1.29, 1.82) is 0 Å². The van der Waals surface area contributed by atoms with E-state index in [1.807, 2.05) is 44.2 Å². The maximum Gasteiger partial charge on any atom is 0.271 e. The smallest absolute Gasteiger partial charge is 0.271 e. The van der Waals surface area contributed by atoms with Gasteiger partial charge in [-0.3, -0.25) is 4.79 Å². The number of nitrogens with two attached hydrogens (primary N) is 1. The van der Waals surface area contributed by atoms with Crippen LogP contribution in [-0.2, 0) is 4.79 Å². The average molecular weight is 429 g/mol. The Morgan fingerprint density at radius 2 is 1.93 bits per heavy atom. The van der Waals surface area contributed by atoms with E-state index in [0.29, 0.717) is 17.1 Å². The third-order valence-electron chi connectivity index (χ3n) is 4.62. The number of nitrogens with zero attached hydrogens (tertiary/aromatic N) is 6. The van der Waals surface area contributed by atoms with Gasteiger partial charge in [0, 0.05) is 29.7 Å². The highest BCUT2D eigenvalue weighted by atomic mass is 32.2. The summed E-state index contributed by atoms with van der Waals surface area (Å²) in [5.74, 6) is 6.54. The number of thioether (sulfide) groups is 1. The Morgan fingerprint density at radius 1 is 1.23 bits per heavy atom. The molecule has 30 heavy (non-hydrogen) atoms. The first-order chi connectivity index (χ1) is 14.3. The third kappa shape index (κ3) is 4.76. The standard InChI is InChI=1S/C20H28N8OS/c1-6-26(13(2)3)17-9-7-16(8-10-17)22-18(29)12-30-20-24-23-19(27(20)21)28-15(5)11-14(4)25-28/h7-11,13H,6,12,21H2,1-5H3,(H,22,29). The minimum absolute atomic E-state index is 0.139. The fraction of sp³-hybridized carbons (Fsp3) is 0.400. The predicted octanol–water partition coefficient (Wildman–Crippen LogP) is 2.76. The summed E-state index contributed by atoms with van der Waals surface area (Å²) in [6.07, 6.45) is 0. The average Bonchev–Trinajstić information content (AvgIpc) is 3.22. The molecule has 0 saturated carbocycles. The molecule has 0 unspecified atom stereocenters. The Bertz CT molecular complexity index is 1010. The topological polar surface area (TPSA) is 107 Å². The van der Waals surface area contributed by atoms with Gasteiger partial charge in [-0.1, -0.05) is 11.8 Å². The fourth-order valence-corrected chi connectivity index (χ4v) is 3.90. The molecule has 0 saturated heterocycles. The van der Waals surface area contributed by atoms with Crippen LogP contribution in [0.1, 0.15) is 32.2 Å². The first kappa shape index (κ1) is 21.7. The van der Waals surface area contributed by atoms with Gasteiger partial charge in [-0.15, -0.1) is 10.2 Å². The summed E-state index contributed by atoms with van der Waals surface area (Å²) in [6, 6.07) is 10.2. The number of aromatic nitrogens is 5. The molecule has 0 aliphatic carbocycles. The number of nitrogens with one attached hydrogen (secondary N) is 1. The number of amides is 1. The Hall–Kier alpha value is -3.01. The van der Waals surface area contributed by atoms with Crippen LogP contribution in [0.15, 0.2) is 35.5 Å². The second-order valence-electron chi connectivity index (χ2n) is 7.25. The van der Waals surface area contributed by atoms with E-state index in [2.05, 4.69) is 46.3 Å². The molecule has 3 N–H and O–H groups in total. The lowest BCUT2D eigenvalue weighted by Gasteiger charge is -2.27. The molecule has 160 valence electrons. The monoisotopic (exact) mass is 428 g/mol. The molecule has 1 aromatic carbocycles. The summed E-state index contributed by atoms with van der Waals surface area (Å²) >= 11 is 1.22. The van der Waals surface area contributed by atoms with Gasteiger partial charge in [0.2, 0.25) is 11.1 Å². The number of rotatable bonds is 8. The van der Waals surface area contributed by atoms with Crippen molar-refractivity contribution in [3.63, 3.8) is 0 Å². The largest absolute Gasteiger partial charge is 0.369 e. The predicted molar refractivity (Wildman–Crippen MR) is 121 cm³/mol. The molecule has 0 atom stereocenters. The molecule has 2 heterocycles. The minimum Gasteiger partial charge on any atom is -0.369 e. The second-order valence-corrected chi connectivity index (χ2v) is 8.20. The number of hydrogen-bond acceptors (Lipinski definition) is 7. The lowest BCUT2D eigenvalue weighted by atomic mass is 10.2. The number of aryl methyl sites for hydroxylation is 2. The van der Waals surface area contributed by atoms with Crippen LogP contribution >= 0.6 is 11.8 Å². The zero-order valence-electron chi connectivity index (χ0n) is 18.0. The van der Waals surface area contributed by atoms with Crippen molar-refractivity contribution in [2.75, 3.05) is 28.4 Å². The lowest BCUT2D eigenvalue weighted by molar-refractivity contribution is -0.113. The van der Waals surface area contributed by atoms with Gasteiger partial charge < -0.3 is 16.1 Å². The zero-order chi connectivity index (χ0) is 21.8. The van der Waals surface area contributed by atoms with Crippen molar-refractivity contribution in [1.82, 2.24) is 24.7 Å². The molecular formula is C20H28N8OS. The molecule has 9 nitrogen and oxygen atoms in total. The van der Waals surface area contributed by atoms with Crippen LogP contribution in [-0.4, -0.2) is 48.9 Å². The Morgan fingerprint density at radius 3 is 2.50 bits per heavy atom. The number of benzene rings is 1. The number of nitrogen functional groups attached to an aromatic ring is 1. The van der Waals surface area contributed by atoms with Crippen LogP contribution in [0, 0.1) is 13.8 Å². The van der Waals surface area contributed by atoms with Gasteiger partial charge >= 0.3 is 0 Å². The fourth-order valence-electron chi connectivity index (χ4n) is 3.25. The molecule has 0 aliphatic heterocycles. The summed E-state index contributed by atoms with van der Waals surface area (Å²) in [5, 5.41) is 15.9. The Labute approximate surface area is 180 Å². The van der Waals surface area contributed by atoms with E-state index in [-0.39, 0.29) is 11.7 Å². The summed E-state index contributed by atoms with van der Waals surface area (Å²) in [6.45, 7) is 11.2. The van der Waals surface area contributed by atoms with Crippen LogP contribution in [0.4, 0.5) is 11.4 Å². The normalized spacial score (nSPS) is 11.1. The molecular weight excluding hydrogens is 400 g/mol. The van der Waals surface area contributed by atoms with Crippen molar-refractivity contribution in [3.8, 4) is 5.95 Å². The molecule has 0 aliphatic rings. The summed E-state index contributed by atoms with van der Waals surface area (Å²) in [7, 11) is 0. The van der Waals surface area contributed by atoms with Gasteiger partial charge in [-0.25, -0.2) is 9.36 Å². The van der Waals surface area contributed by atoms with E-state index >= 15 is 0 Å². The summed E-state index contributed by atoms with van der Waals surface area (Å²) < 4.78 is 2.97. The first-order valence-electron chi connectivity index (χ1n) is 9.83. The first-order valence-corrected chi connectivity index (χ1v) is 10.8. The van der Waals surface area contributed by atoms with Crippen LogP contribution < -0.4 is 16.1 Å². The highest BCUT2D eigenvalue weighted by Crippen LogP contribution is 2.21. The Kier molecular flexibility index (Phi) is 6.66. The van der Waals surface area contributed by atoms with E-state index in [0.717, 1.165) is 29.3 Å². The highest BCUT2D eigenvalue weighted by Gasteiger charge is 2.16. The van der Waals surface area contributed by atoms with Crippen LogP contribution in [0.2, 0.25) is 0 Å². The SMILES string of the molecule is CCN(c1ccc(NC(=O)CSc2nnc(-n3nc(C)cc3C)n2N)cc1)C(C)C. The summed E-state index contributed by atoms with van der Waals surface area (Å²) in [4.78, 5) is 14.6. The van der Waals surface area contributed by atoms with Gasteiger partial charge in [0.15, 0.2) is 0 Å². The molecule has 0 fully saturated rings. The van der Waals surface area contributed by atoms with Crippen LogP contribution in [0.5, 0.6) is 0 Å². The van der Waals surface area contributed by atoms with Gasteiger partial charge in [-0.05, 0) is 65.0 Å². The Balaban J connectivity index is 1.59. The molecule has 2 aromatic heterocycles. The number of carbonyl (C=O) groups is 1. The minimum atomic E-state index is -0.139. The number of carbonyl (C=O) groups excluding carboxylic acids is 1. The lowest BCUT2D eigenvalue weighted by Crippen LogP contribution is -2.30. The molecule has 0 spiro atoms. The zero-order valence-corrected chi connectivity index (χ0v) is 18.8. The summed E-state index contributed by atoms with van der Waals surface area (Å²) in [5.41, 5.74) is 3.66. The van der Waals surface area contributed by atoms with Gasteiger partial charge in [0.25, 0.3) is 5.95 Å². The van der Waals surface area contributed by atoms with E-state index in [1.165, 1.54) is 16.4 Å². The van der Waals surface area contributed by atoms with Gasteiger partial charge in [0.05, 0.1) is 11.4 Å². The van der Waals surface area contributed by atoms with Gasteiger partial charge in [-0.2, -0.15) is 5.10 Å². The molecule has 10 heteroatoms. The maximum absolute atomic E-state index is 12.4. The third-order valence-corrected chi connectivity index (χ3v) is 5.57. The van der Waals surface area contributed by atoms with Crippen molar-refractivity contribution < 1.29 is 4.79 Å². The van der Waals surface area contributed by atoms with Crippen molar-refractivity contribution >= 4 is 29.0 Å². The van der Waals surface area contributed by atoms with E-state index in [4.69, 9.17) is 5.84 Å². The number of hydrogen-bond donors (Lipinski definition) is 2. The molecule has 3 aromatic rings. The van der Waals surface area contributed by atoms with Crippen molar-refractivity contribution in [3.05, 3.63) is 41.7 Å². The number of anilines is 2. The van der Waals surface area contributed by atoms with Crippen molar-refractivity contribution in [2.24, 2.45) is 0 Å². The molecule has 1 amide bonds. The van der Waals surface area contributed by atoms with E-state index in [9.17, 15) is 4.79 Å². The molecule has 0 radical (unpaired) electrons. The quantitative estimate of drug-likeness (QED) is 0.420. The highest BCUT2D eigenvalue weighted by molar-refractivity contribution is 7.99. The van der Waals surface area contributed by atoms with Gasteiger partial charge in [0.1, 0.15) is 0 Å². The maximum atomic E-state index is 12.4. The second kappa shape index (κ2) is 9.21. The molecule has 0 bridgehead atoms. The van der Waals surface area contributed by atoms with E-state index in [1.54, 1.807) is 4.68 Å². The van der Waals surface area contributed by atoms with E-state index < -0.39 is 0 Å².